The van der Waals surface area contributed by atoms with Crippen molar-refractivity contribution in [3.05, 3.63) is 66.2 Å². The van der Waals surface area contributed by atoms with Crippen molar-refractivity contribution in [1.29, 1.82) is 0 Å². The van der Waals surface area contributed by atoms with Crippen LogP contribution in [0.25, 0.3) is 0 Å². The van der Waals surface area contributed by atoms with Crippen molar-refractivity contribution >= 4 is 11.6 Å². The Hall–Kier alpha value is -2.13. The maximum atomic E-state index is 12.6. The van der Waals surface area contributed by atoms with E-state index in [0.29, 0.717) is 37.9 Å². The van der Waals surface area contributed by atoms with Crippen LogP contribution in [-0.2, 0) is 11.2 Å². The first kappa shape index (κ1) is 13.1. The number of likely N-dealkylation sites (tertiary alicyclic amines) is 1. The normalized spacial score (nSPS) is 19.4. The molecule has 3 nitrogen and oxygen atoms in total. The average molecular weight is 341 g/mol. The fourth-order valence-electron chi connectivity index (χ4n) is 3.22. The molecule has 1 saturated heterocycles. The number of hydrogen-bond donors (Lipinski definition) is 0. The molecule has 0 radical (unpaired) electrons. The molecule has 1 amide bonds. The van der Waals surface area contributed by atoms with E-state index < -0.39 is 12.9 Å². The Morgan fingerprint density at radius 2 is 1.68 bits per heavy atom. The highest BCUT2D eigenvalue weighted by atomic mass is 16.2. The minimum Gasteiger partial charge on any atom is -0.309 e. The summed E-state index contributed by atoms with van der Waals surface area (Å²) in [5.41, 5.74) is 1.19. The van der Waals surface area contributed by atoms with Crippen molar-refractivity contribution in [1.82, 2.24) is 4.90 Å². The number of benzene rings is 2. The highest BCUT2D eigenvalue weighted by molar-refractivity contribution is 5.93. The summed E-state index contributed by atoms with van der Waals surface area (Å²) >= 11 is 0. The van der Waals surface area contributed by atoms with Crippen LogP contribution in [0.2, 0.25) is 0 Å². The number of hydrogen-bond acceptors (Lipinski definition) is 2. The van der Waals surface area contributed by atoms with E-state index in [1.807, 2.05) is 42.2 Å². The molecule has 3 rings (SSSR count). The molecular formula is C22H28N2O. The van der Waals surface area contributed by atoms with Gasteiger partial charge in [-0.05, 0) is 36.9 Å². The molecule has 0 spiro atoms. The highest BCUT2D eigenvalue weighted by Crippen LogP contribution is 2.24. The lowest BCUT2D eigenvalue weighted by Gasteiger charge is -2.38. The number of amides is 1. The Morgan fingerprint density at radius 1 is 1.08 bits per heavy atom. The van der Waals surface area contributed by atoms with Gasteiger partial charge < -0.3 is 9.80 Å². The Morgan fingerprint density at radius 3 is 2.28 bits per heavy atom. The third kappa shape index (κ3) is 4.70. The maximum Gasteiger partial charge on any atom is 0.226 e. The third-order valence-electron chi connectivity index (χ3n) is 4.57. The second-order valence-electron chi connectivity index (χ2n) is 6.27. The molecule has 2 aromatic rings. The zero-order chi connectivity index (χ0) is 21.1. The van der Waals surface area contributed by atoms with Gasteiger partial charge in [0.05, 0.1) is 0 Å². The molecule has 1 heterocycles. The van der Waals surface area contributed by atoms with E-state index in [0.717, 1.165) is 5.69 Å². The molecule has 0 atom stereocenters. The van der Waals surface area contributed by atoms with E-state index in [9.17, 15) is 4.79 Å². The van der Waals surface area contributed by atoms with E-state index in [2.05, 4.69) is 0 Å². The van der Waals surface area contributed by atoms with Crippen molar-refractivity contribution in [2.75, 3.05) is 24.5 Å². The minimum absolute atomic E-state index is 0.0144. The molecule has 25 heavy (non-hydrogen) atoms. The monoisotopic (exact) mass is 340 g/mol. The SMILES string of the molecule is [2H]C([2H])(c1ccccc1)C([2H])([2H])N1CCC(N(C(=O)CC)c2ccccc2)CC1. The Labute approximate surface area is 156 Å². The van der Waals surface area contributed by atoms with Crippen LogP contribution in [0.1, 0.15) is 37.2 Å². The fraction of sp³-hybridized carbons (Fsp3) is 0.409. The van der Waals surface area contributed by atoms with Gasteiger partial charge in [0, 0.05) is 43.2 Å². The summed E-state index contributed by atoms with van der Waals surface area (Å²) in [6, 6.07) is 18.1. The Balaban J connectivity index is 1.76. The zero-order valence-corrected chi connectivity index (χ0v) is 14.7. The second kappa shape index (κ2) is 8.82. The van der Waals surface area contributed by atoms with Crippen molar-refractivity contribution in [3.8, 4) is 0 Å². The van der Waals surface area contributed by atoms with Gasteiger partial charge in [-0.1, -0.05) is 55.5 Å². The number of aryl methyl sites for hydroxylation is 1. The van der Waals surface area contributed by atoms with Crippen LogP contribution < -0.4 is 4.90 Å². The number of para-hydroxylation sites is 1. The first-order valence-electron chi connectivity index (χ1n) is 11.0. The smallest absolute Gasteiger partial charge is 0.226 e. The summed E-state index contributed by atoms with van der Waals surface area (Å²) in [7, 11) is 0. The molecular weight excluding hydrogens is 308 g/mol. The summed E-state index contributed by atoms with van der Waals surface area (Å²) in [5.74, 6) is 0.0530. The lowest BCUT2D eigenvalue weighted by Crippen LogP contribution is -2.47. The van der Waals surface area contributed by atoms with Gasteiger partial charge in [-0.15, -0.1) is 0 Å². The third-order valence-corrected chi connectivity index (χ3v) is 4.57. The van der Waals surface area contributed by atoms with E-state index in [-0.39, 0.29) is 11.9 Å². The molecule has 3 heteroatoms. The molecule has 1 fully saturated rings. The van der Waals surface area contributed by atoms with E-state index in [1.165, 1.54) is 0 Å². The van der Waals surface area contributed by atoms with Crippen LogP contribution in [0.5, 0.6) is 0 Å². The molecule has 0 bridgehead atoms. The molecule has 0 unspecified atom stereocenters. The van der Waals surface area contributed by atoms with Crippen LogP contribution in [-0.4, -0.2) is 36.4 Å². The quantitative estimate of drug-likeness (QED) is 0.789. The van der Waals surface area contributed by atoms with E-state index in [4.69, 9.17) is 5.48 Å². The van der Waals surface area contributed by atoms with Gasteiger partial charge in [-0.3, -0.25) is 4.79 Å². The van der Waals surface area contributed by atoms with Gasteiger partial charge in [-0.2, -0.15) is 0 Å². The van der Waals surface area contributed by atoms with Gasteiger partial charge in [0.2, 0.25) is 5.91 Å². The number of carbonyl (C=O) groups excluding carboxylic acids is 1. The van der Waals surface area contributed by atoms with Crippen LogP contribution in [0.15, 0.2) is 60.7 Å². The lowest BCUT2D eigenvalue weighted by atomic mass is 10.0. The standard InChI is InChI=1S/C22H28N2O/c1-2-22(25)24(20-11-7-4-8-12-20)21-14-17-23(18-15-21)16-13-19-9-5-3-6-10-19/h3-12,21H,2,13-18H2,1H3/i13D2,16D2. The molecule has 0 saturated carbocycles. The second-order valence-corrected chi connectivity index (χ2v) is 6.27. The number of carbonyl (C=O) groups is 1. The lowest BCUT2D eigenvalue weighted by molar-refractivity contribution is -0.119. The van der Waals surface area contributed by atoms with Crippen molar-refractivity contribution < 1.29 is 10.3 Å². The minimum atomic E-state index is -2.15. The maximum absolute atomic E-state index is 12.6. The van der Waals surface area contributed by atoms with Crippen LogP contribution in [0.3, 0.4) is 0 Å². The Bertz CT molecular complexity index is 806. The van der Waals surface area contributed by atoms with Crippen LogP contribution >= 0.6 is 0 Å². The van der Waals surface area contributed by atoms with Crippen molar-refractivity contribution in [3.63, 3.8) is 0 Å². The molecule has 1 aliphatic heterocycles. The summed E-state index contributed by atoms with van der Waals surface area (Å²) < 4.78 is 34.0. The molecule has 0 N–H and O–H groups in total. The van der Waals surface area contributed by atoms with Gasteiger partial charge >= 0.3 is 0 Å². The molecule has 0 aliphatic carbocycles. The predicted octanol–water partition coefficient (Wildman–Crippen LogP) is 4.14. The predicted molar refractivity (Wildman–Crippen MR) is 104 cm³/mol. The first-order chi connectivity index (χ1) is 13.8. The number of nitrogens with zero attached hydrogens (tertiary/aromatic N) is 2. The van der Waals surface area contributed by atoms with Crippen LogP contribution in [0, 0.1) is 0 Å². The average Bonchev–Trinajstić information content (AvgIpc) is 2.75. The molecule has 132 valence electrons. The summed E-state index contributed by atoms with van der Waals surface area (Å²) in [5, 5.41) is 0. The topological polar surface area (TPSA) is 23.6 Å². The van der Waals surface area contributed by atoms with E-state index >= 15 is 0 Å². The number of piperidine rings is 1. The van der Waals surface area contributed by atoms with Crippen molar-refractivity contribution in [2.24, 2.45) is 0 Å². The summed E-state index contributed by atoms with van der Waals surface area (Å²) in [4.78, 5) is 16.0. The van der Waals surface area contributed by atoms with Gasteiger partial charge in [0.15, 0.2) is 0 Å². The van der Waals surface area contributed by atoms with E-state index in [1.54, 1.807) is 35.2 Å². The van der Waals surface area contributed by atoms with Gasteiger partial charge in [0.25, 0.3) is 0 Å². The number of anilines is 1. The highest BCUT2D eigenvalue weighted by Gasteiger charge is 2.28. The molecule has 1 aliphatic rings. The zero-order valence-electron chi connectivity index (χ0n) is 18.7. The van der Waals surface area contributed by atoms with Gasteiger partial charge in [-0.25, -0.2) is 0 Å². The Kier molecular flexibility index (Phi) is 4.63. The largest absolute Gasteiger partial charge is 0.309 e. The van der Waals surface area contributed by atoms with Crippen LogP contribution in [0.4, 0.5) is 5.69 Å². The molecule has 2 aromatic carbocycles. The van der Waals surface area contributed by atoms with Gasteiger partial charge in [0.1, 0.15) is 0 Å². The van der Waals surface area contributed by atoms with Crippen molar-refractivity contribution in [2.45, 2.75) is 38.6 Å². The summed E-state index contributed by atoms with van der Waals surface area (Å²) in [6.45, 7) is 0.487. The first-order valence-corrected chi connectivity index (χ1v) is 8.96. The molecule has 0 aromatic heterocycles. The number of rotatable bonds is 6. The summed E-state index contributed by atoms with van der Waals surface area (Å²) in [6.07, 6.45) is -0.526. The fourth-order valence-corrected chi connectivity index (χ4v) is 3.22.